The standard InChI is InChI=1S/C24H23ClN2O4/c25-22-17(2-1-3-18(22)19-8-9-20(28)26-23(19)30)16-6-4-15(5-7-16)12-27-21(29)13-31-14-24(27)10-11-24/h1-7,19H,8-14H2,(H,26,28,30). The Morgan fingerprint density at radius 3 is 2.58 bits per heavy atom. The molecular weight excluding hydrogens is 416 g/mol. The molecule has 1 saturated carbocycles. The van der Waals surface area contributed by atoms with Gasteiger partial charge in [-0.15, -0.1) is 0 Å². The number of benzene rings is 2. The normalized spacial score (nSPS) is 22.5. The molecule has 1 N–H and O–H groups in total. The van der Waals surface area contributed by atoms with Crippen molar-refractivity contribution in [3.63, 3.8) is 0 Å². The predicted molar refractivity (Wildman–Crippen MR) is 115 cm³/mol. The maximum Gasteiger partial charge on any atom is 0.249 e. The number of hydrogen-bond acceptors (Lipinski definition) is 4. The van der Waals surface area contributed by atoms with Gasteiger partial charge in [0.2, 0.25) is 17.7 Å². The predicted octanol–water partition coefficient (Wildman–Crippen LogP) is 3.42. The third-order valence-corrected chi connectivity index (χ3v) is 6.97. The summed E-state index contributed by atoms with van der Waals surface area (Å²) in [5.74, 6) is -0.912. The molecule has 0 radical (unpaired) electrons. The second-order valence-electron chi connectivity index (χ2n) is 8.61. The minimum Gasteiger partial charge on any atom is -0.369 e. The molecule has 0 aromatic heterocycles. The van der Waals surface area contributed by atoms with Crippen LogP contribution < -0.4 is 5.32 Å². The summed E-state index contributed by atoms with van der Waals surface area (Å²) < 4.78 is 5.44. The molecule has 1 aliphatic carbocycles. The Hall–Kier alpha value is -2.70. The number of carbonyl (C=O) groups is 3. The van der Waals surface area contributed by atoms with Gasteiger partial charge in [-0.1, -0.05) is 54.1 Å². The Labute approximate surface area is 185 Å². The van der Waals surface area contributed by atoms with Crippen molar-refractivity contribution >= 4 is 29.3 Å². The average Bonchev–Trinajstić information content (AvgIpc) is 3.52. The average molecular weight is 439 g/mol. The number of piperidine rings is 1. The number of nitrogens with zero attached hydrogens (tertiary/aromatic N) is 1. The maximum absolute atomic E-state index is 12.4. The second kappa shape index (κ2) is 7.77. The minimum absolute atomic E-state index is 0.0489. The minimum atomic E-state index is -0.425. The molecule has 1 atom stereocenters. The second-order valence-corrected chi connectivity index (χ2v) is 8.98. The molecule has 2 aliphatic heterocycles. The molecule has 6 nitrogen and oxygen atoms in total. The van der Waals surface area contributed by atoms with Gasteiger partial charge in [-0.2, -0.15) is 0 Å². The topological polar surface area (TPSA) is 75.7 Å². The van der Waals surface area contributed by atoms with Crippen LogP contribution in [-0.4, -0.2) is 41.4 Å². The van der Waals surface area contributed by atoms with Gasteiger partial charge in [0.1, 0.15) is 6.61 Å². The van der Waals surface area contributed by atoms with E-state index in [0.717, 1.165) is 35.1 Å². The van der Waals surface area contributed by atoms with Crippen molar-refractivity contribution in [1.29, 1.82) is 0 Å². The van der Waals surface area contributed by atoms with E-state index < -0.39 is 5.92 Å². The molecule has 1 unspecified atom stereocenters. The maximum atomic E-state index is 12.4. The number of ether oxygens (including phenoxy) is 1. The lowest BCUT2D eigenvalue weighted by Crippen LogP contribution is -2.50. The van der Waals surface area contributed by atoms with Crippen LogP contribution in [0.2, 0.25) is 5.02 Å². The lowest BCUT2D eigenvalue weighted by molar-refractivity contribution is -0.151. The van der Waals surface area contributed by atoms with E-state index in [2.05, 4.69) is 5.32 Å². The van der Waals surface area contributed by atoms with Crippen molar-refractivity contribution in [3.8, 4) is 11.1 Å². The van der Waals surface area contributed by atoms with Crippen molar-refractivity contribution in [1.82, 2.24) is 10.2 Å². The number of rotatable bonds is 4. The van der Waals surface area contributed by atoms with Gasteiger partial charge in [-0.25, -0.2) is 0 Å². The molecule has 2 aromatic carbocycles. The summed E-state index contributed by atoms with van der Waals surface area (Å²) >= 11 is 6.71. The van der Waals surface area contributed by atoms with E-state index in [9.17, 15) is 14.4 Å². The van der Waals surface area contributed by atoms with Gasteiger partial charge in [0.25, 0.3) is 0 Å². The number of hydrogen-bond donors (Lipinski definition) is 1. The van der Waals surface area contributed by atoms with Crippen molar-refractivity contribution in [2.24, 2.45) is 0 Å². The Morgan fingerprint density at radius 1 is 1.10 bits per heavy atom. The highest BCUT2D eigenvalue weighted by Gasteiger charge is 2.52. The van der Waals surface area contributed by atoms with Crippen LogP contribution in [0.1, 0.15) is 42.7 Å². The summed E-state index contributed by atoms with van der Waals surface area (Å²) in [6.45, 7) is 1.36. The monoisotopic (exact) mass is 438 g/mol. The molecule has 2 saturated heterocycles. The zero-order valence-corrected chi connectivity index (χ0v) is 17.8. The summed E-state index contributed by atoms with van der Waals surface area (Å²) in [7, 11) is 0. The summed E-state index contributed by atoms with van der Waals surface area (Å²) in [5.41, 5.74) is 3.48. The number of morpholine rings is 1. The van der Waals surface area contributed by atoms with Crippen molar-refractivity contribution in [3.05, 3.63) is 58.6 Å². The first-order valence-corrected chi connectivity index (χ1v) is 10.9. The van der Waals surface area contributed by atoms with Crippen LogP contribution in [0.15, 0.2) is 42.5 Å². The van der Waals surface area contributed by atoms with Gasteiger partial charge in [0.05, 0.1) is 23.1 Å². The first-order chi connectivity index (χ1) is 15.0. The molecule has 160 valence electrons. The highest BCUT2D eigenvalue weighted by Crippen LogP contribution is 2.44. The fourth-order valence-electron chi connectivity index (χ4n) is 4.57. The number of halogens is 1. The van der Waals surface area contributed by atoms with Crippen LogP contribution in [-0.2, 0) is 25.7 Å². The summed E-state index contributed by atoms with van der Waals surface area (Å²) in [5, 5.41) is 2.93. The number of imide groups is 1. The fourth-order valence-corrected chi connectivity index (χ4v) is 4.93. The Morgan fingerprint density at radius 2 is 1.87 bits per heavy atom. The zero-order chi connectivity index (χ0) is 21.6. The van der Waals surface area contributed by atoms with Gasteiger partial charge in [-0.3, -0.25) is 19.7 Å². The summed E-state index contributed by atoms with van der Waals surface area (Å²) in [6.07, 6.45) is 2.77. The van der Waals surface area contributed by atoms with E-state index in [0.29, 0.717) is 31.0 Å². The Bertz CT molecular complexity index is 1060. The smallest absolute Gasteiger partial charge is 0.249 e. The van der Waals surface area contributed by atoms with Crippen LogP contribution in [0.5, 0.6) is 0 Å². The van der Waals surface area contributed by atoms with Crippen LogP contribution in [0.3, 0.4) is 0 Å². The van der Waals surface area contributed by atoms with E-state index in [1.807, 2.05) is 47.4 Å². The number of carbonyl (C=O) groups excluding carboxylic acids is 3. The van der Waals surface area contributed by atoms with E-state index in [1.54, 1.807) is 0 Å². The molecule has 31 heavy (non-hydrogen) atoms. The van der Waals surface area contributed by atoms with Gasteiger partial charge >= 0.3 is 0 Å². The van der Waals surface area contributed by atoms with Crippen molar-refractivity contribution in [2.45, 2.75) is 43.7 Å². The van der Waals surface area contributed by atoms with Crippen LogP contribution in [0, 0.1) is 0 Å². The van der Waals surface area contributed by atoms with Crippen LogP contribution in [0.4, 0.5) is 0 Å². The molecule has 3 aliphatic rings. The molecule has 5 rings (SSSR count). The van der Waals surface area contributed by atoms with Gasteiger partial charge in [0, 0.05) is 18.5 Å². The first kappa shape index (κ1) is 20.2. The van der Waals surface area contributed by atoms with Gasteiger partial charge in [0.15, 0.2) is 0 Å². The van der Waals surface area contributed by atoms with E-state index in [-0.39, 0.29) is 29.9 Å². The number of amides is 3. The van der Waals surface area contributed by atoms with E-state index in [1.165, 1.54) is 0 Å². The lowest BCUT2D eigenvalue weighted by atomic mass is 9.88. The molecular formula is C24H23ClN2O4. The summed E-state index contributed by atoms with van der Waals surface area (Å²) in [4.78, 5) is 38.1. The zero-order valence-electron chi connectivity index (χ0n) is 17.0. The number of nitrogens with one attached hydrogen (secondary N) is 1. The molecule has 3 amide bonds. The van der Waals surface area contributed by atoms with Gasteiger partial charge in [-0.05, 0) is 36.0 Å². The molecule has 7 heteroatoms. The SMILES string of the molecule is O=C1CCC(c2cccc(-c3ccc(CN4C(=O)COCC45CC5)cc3)c2Cl)C(=O)N1. The van der Waals surface area contributed by atoms with Crippen molar-refractivity contribution < 1.29 is 19.1 Å². The van der Waals surface area contributed by atoms with Gasteiger partial charge < -0.3 is 9.64 Å². The van der Waals surface area contributed by atoms with Crippen molar-refractivity contribution in [2.75, 3.05) is 13.2 Å². The molecule has 3 fully saturated rings. The fraction of sp³-hybridized carbons (Fsp3) is 0.375. The Balaban J connectivity index is 1.37. The van der Waals surface area contributed by atoms with Crippen LogP contribution >= 0.6 is 11.6 Å². The highest BCUT2D eigenvalue weighted by molar-refractivity contribution is 6.34. The molecule has 2 aromatic rings. The molecule has 1 spiro atoms. The van der Waals surface area contributed by atoms with Crippen LogP contribution in [0.25, 0.3) is 11.1 Å². The van der Waals surface area contributed by atoms with E-state index >= 15 is 0 Å². The third kappa shape index (κ3) is 3.75. The largest absolute Gasteiger partial charge is 0.369 e. The summed E-state index contributed by atoms with van der Waals surface area (Å²) in [6, 6.07) is 13.7. The first-order valence-electron chi connectivity index (χ1n) is 10.6. The quantitative estimate of drug-likeness (QED) is 0.742. The molecule has 0 bridgehead atoms. The highest BCUT2D eigenvalue weighted by atomic mass is 35.5. The lowest BCUT2D eigenvalue weighted by Gasteiger charge is -2.36. The molecule has 2 heterocycles. The Kier molecular flexibility index (Phi) is 5.07. The van der Waals surface area contributed by atoms with E-state index in [4.69, 9.17) is 16.3 Å². The third-order valence-electron chi connectivity index (χ3n) is 6.55.